The minimum atomic E-state index is -1.39. The second kappa shape index (κ2) is 17.4. The van der Waals surface area contributed by atoms with Crippen LogP contribution in [0.1, 0.15) is 5.56 Å². The van der Waals surface area contributed by atoms with Gasteiger partial charge in [0.15, 0.2) is 0 Å². The van der Waals surface area contributed by atoms with Crippen LogP contribution in [-0.4, -0.2) is 14.7 Å². The zero-order valence-electron chi connectivity index (χ0n) is 16.6. The fraction of sp³-hybridized carbons (Fsp3) is 0.0385. The van der Waals surface area contributed by atoms with Gasteiger partial charge in [0.05, 0.1) is 0 Å². The Morgan fingerprint density at radius 2 is 0.800 bits per heavy atom. The van der Waals surface area contributed by atoms with Crippen LogP contribution in [0.25, 0.3) is 0 Å². The standard InChI is InChI=1S/C18H15As.C6H7.2CO.Mn/c1-4-10-16(11-5-1)19(17-12-6-2-7-13-17)18-14-8-3-9-15-18;1-6-4-2-3-5-6;2*1-2;/h1-15H;2-5H,1H3;;;/q;-1;;;. The van der Waals surface area contributed by atoms with Gasteiger partial charge in [0.2, 0.25) is 0 Å². The Bertz CT molecular complexity index is 835. The zero-order valence-corrected chi connectivity index (χ0v) is 19.7. The molecular formula is C26H22AsMnO2-. The van der Waals surface area contributed by atoms with Crippen LogP contribution in [0, 0.1) is 20.2 Å². The SMILES string of the molecule is C[c-]1cccc1.[C-]#[O+].[C-]#[O+].[Mn].c1ccc([As](c2ccccc2)c2ccccc2)cc1. The Morgan fingerprint density at radius 1 is 0.533 bits per heavy atom. The molecule has 0 aliphatic rings. The topological polar surface area (TPSA) is 39.8 Å². The van der Waals surface area contributed by atoms with E-state index in [0.717, 1.165) is 0 Å². The van der Waals surface area contributed by atoms with E-state index < -0.39 is 14.7 Å². The number of benzene rings is 3. The van der Waals surface area contributed by atoms with E-state index in [1.54, 1.807) is 0 Å². The van der Waals surface area contributed by atoms with Crippen molar-refractivity contribution in [3.05, 3.63) is 134 Å². The van der Waals surface area contributed by atoms with Crippen molar-refractivity contribution >= 4 is 27.7 Å². The Hall–Kier alpha value is -2.43. The van der Waals surface area contributed by atoms with E-state index in [1.807, 2.05) is 12.1 Å². The molecule has 0 fully saturated rings. The molecular weight excluding hydrogens is 474 g/mol. The van der Waals surface area contributed by atoms with Crippen LogP contribution in [0.3, 0.4) is 0 Å². The number of hydrogen-bond donors (Lipinski definition) is 0. The van der Waals surface area contributed by atoms with Crippen molar-refractivity contribution < 1.29 is 26.4 Å². The Morgan fingerprint density at radius 3 is 1.00 bits per heavy atom. The molecule has 0 N–H and O–H groups in total. The van der Waals surface area contributed by atoms with E-state index in [-0.39, 0.29) is 17.1 Å². The summed E-state index contributed by atoms with van der Waals surface area (Å²) in [4.78, 5) is 0. The second-order valence-corrected chi connectivity index (χ2v) is 10.5. The molecule has 1 radical (unpaired) electrons. The van der Waals surface area contributed by atoms with E-state index in [1.165, 1.54) is 18.6 Å². The van der Waals surface area contributed by atoms with Crippen molar-refractivity contribution in [3.8, 4) is 0 Å². The van der Waals surface area contributed by atoms with Crippen molar-refractivity contribution in [3.63, 3.8) is 0 Å². The molecule has 30 heavy (non-hydrogen) atoms. The van der Waals surface area contributed by atoms with E-state index in [4.69, 9.17) is 9.30 Å². The summed E-state index contributed by atoms with van der Waals surface area (Å²) in [5, 5.41) is 0. The summed E-state index contributed by atoms with van der Waals surface area (Å²) in [6.45, 7) is 11.1. The first-order valence-corrected chi connectivity index (χ1v) is 11.7. The van der Waals surface area contributed by atoms with E-state index in [2.05, 4.69) is 123 Å². The third-order valence-electron chi connectivity index (χ3n) is 3.87. The van der Waals surface area contributed by atoms with Crippen LogP contribution >= 0.6 is 0 Å². The molecule has 0 amide bonds. The molecule has 0 aliphatic carbocycles. The van der Waals surface area contributed by atoms with Crippen LogP contribution in [0.5, 0.6) is 0 Å². The Labute approximate surface area is 194 Å². The maximum absolute atomic E-state index is 7.50. The van der Waals surface area contributed by atoms with Crippen molar-refractivity contribution in [1.29, 1.82) is 0 Å². The Balaban J connectivity index is 0.000000647. The normalized spacial score (nSPS) is 8.60. The average molecular weight is 496 g/mol. The van der Waals surface area contributed by atoms with Gasteiger partial charge in [-0.05, 0) is 0 Å². The molecule has 151 valence electrons. The van der Waals surface area contributed by atoms with Gasteiger partial charge >= 0.3 is 141 Å². The predicted octanol–water partition coefficient (Wildman–Crippen LogP) is 3.84. The van der Waals surface area contributed by atoms with Gasteiger partial charge in [-0.2, -0.15) is 17.7 Å². The molecule has 4 aromatic rings. The first kappa shape index (κ1) is 27.6. The monoisotopic (exact) mass is 496 g/mol. The van der Waals surface area contributed by atoms with Gasteiger partial charge in [0.25, 0.3) is 0 Å². The predicted molar refractivity (Wildman–Crippen MR) is 119 cm³/mol. The van der Waals surface area contributed by atoms with Gasteiger partial charge in [-0.25, -0.2) is 12.1 Å². The summed E-state index contributed by atoms with van der Waals surface area (Å²) in [5.74, 6) is 0. The molecule has 4 aromatic carbocycles. The minimum absolute atomic E-state index is 0. The van der Waals surface area contributed by atoms with Gasteiger partial charge in [-0.15, -0.1) is 0 Å². The summed E-state index contributed by atoms with van der Waals surface area (Å²) < 4.78 is 19.4. The summed E-state index contributed by atoms with van der Waals surface area (Å²) in [7, 11) is 0. The molecule has 0 bridgehead atoms. The van der Waals surface area contributed by atoms with Crippen LogP contribution < -0.4 is 13.1 Å². The maximum atomic E-state index is 7.50. The second-order valence-electron chi connectivity index (χ2n) is 5.80. The molecule has 2 nitrogen and oxygen atoms in total. The molecule has 0 saturated carbocycles. The molecule has 0 saturated heterocycles. The van der Waals surface area contributed by atoms with Gasteiger partial charge < -0.3 is 0 Å². The van der Waals surface area contributed by atoms with Crippen LogP contribution in [0.2, 0.25) is 0 Å². The third-order valence-corrected chi connectivity index (χ3v) is 9.00. The first-order chi connectivity index (χ1) is 14.3. The van der Waals surface area contributed by atoms with Gasteiger partial charge in [-0.1, -0.05) is 6.92 Å². The van der Waals surface area contributed by atoms with Crippen LogP contribution in [0.4, 0.5) is 0 Å². The number of hydrogen-bond acceptors (Lipinski definition) is 0. The third kappa shape index (κ3) is 9.38. The Kier molecular flexibility index (Phi) is 16.0. The summed E-state index contributed by atoms with van der Waals surface area (Å²) in [5.41, 5.74) is 1.34. The molecule has 0 unspecified atom stereocenters. The summed E-state index contributed by atoms with van der Waals surface area (Å²) >= 11 is -1.39. The quantitative estimate of drug-likeness (QED) is 0.235. The van der Waals surface area contributed by atoms with Gasteiger partial charge in [0, 0.05) is 17.1 Å². The van der Waals surface area contributed by atoms with E-state index >= 15 is 0 Å². The van der Waals surface area contributed by atoms with Crippen molar-refractivity contribution in [2.75, 3.05) is 0 Å². The first-order valence-electron chi connectivity index (χ1n) is 8.89. The fourth-order valence-electron chi connectivity index (χ4n) is 2.65. The molecule has 0 spiro atoms. The zero-order chi connectivity index (χ0) is 21.3. The van der Waals surface area contributed by atoms with Crippen LogP contribution in [-0.2, 0) is 26.4 Å². The fourth-order valence-corrected chi connectivity index (χ4v) is 7.49. The van der Waals surface area contributed by atoms with Crippen LogP contribution in [0.15, 0.2) is 115 Å². The molecule has 4 heteroatoms. The molecule has 4 rings (SSSR count). The molecule has 0 atom stereocenters. The molecule has 0 aliphatic heterocycles. The van der Waals surface area contributed by atoms with E-state index in [9.17, 15) is 0 Å². The van der Waals surface area contributed by atoms with Crippen molar-refractivity contribution in [2.45, 2.75) is 6.92 Å². The van der Waals surface area contributed by atoms with Gasteiger partial charge in [-0.3, -0.25) is 0 Å². The van der Waals surface area contributed by atoms with Crippen molar-refractivity contribution in [2.24, 2.45) is 0 Å². The van der Waals surface area contributed by atoms with Crippen molar-refractivity contribution in [1.82, 2.24) is 0 Å². The number of rotatable bonds is 3. The van der Waals surface area contributed by atoms with Gasteiger partial charge in [0.1, 0.15) is 0 Å². The molecule has 0 heterocycles. The summed E-state index contributed by atoms with van der Waals surface area (Å²) in [6, 6.07) is 40.9. The average Bonchev–Trinajstić information content (AvgIpc) is 3.30. The molecule has 0 aromatic heterocycles. The number of aryl methyl sites for hydroxylation is 1. The van der Waals surface area contributed by atoms with E-state index in [0.29, 0.717) is 0 Å². The summed E-state index contributed by atoms with van der Waals surface area (Å²) in [6.07, 6.45) is 0.